The molecular formula is C20H24N2O4S. The highest BCUT2D eigenvalue weighted by Crippen LogP contribution is 2.29. The largest absolute Gasteiger partial charge is 0.492 e. The highest BCUT2D eigenvalue weighted by atomic mass is 32.2. The molecule has 3 rings (SSSR count). The number of ether oxygens (including phenoxy) is 1. The number of rotatable bonds is 7. The van der Waals surface area contributed by atoms with E-state index in [1.54, 1.807) is 19.2 Å². The zero-order valence-corrected chi connectivity index (χ0v) is 16.5. The number of carbonyl (C=O) groups is 1. The van der Waals surface area contributed by atoms with Gasteiger partial charge in [-0.2, -0.15) is 0 Å². The van der Waals surface area contributed by atoms with Gasteiger partial charge in [0.1, 0.15) is 12.4 Å². The first-order chi connectivity index (χ1) is 12.8. The Morgan fingerprint density at radius 2 is 1.96 bits per heavy atom. The Labute approximate surface area is 160 Å². The van der Waals surface area contributed by atoms with E-state index in [9.17, 15) is 13.2 Å². The van der Waals surface area contributed by atoms with E-state index in [2.05, 4.69) is 18.6 Å². The number of sulfonamides is 1. The van der Waals surface area contributed by atoms with Crippen LogP contribution in [0.3, 0.4) is 0 Å². The van der Waals surface area contributed by atoms with Crippen LogP contribution in [0.5, 0.6) is 5.75 Å². The van der Waals surface area contributed by atoms with Crippen LogP contribution in [0.15, 0.2) is 47.4 Å². The van der Waals surface area contributed by atoms with E-state index in [-0.39, 0.29) is 30.4 Å². The van der Waals surface area contributed by atoms with Gasteiger partial charge in [-0.3, -0.25) is 4.79 Å². The molecule has 0 atom stereocenters. The van der Waals surface area contributed by atoms with Gasteiger partial charge in [0, 0.05) is 19.3 Å². The molecule has 1 heterocycles. The number of likely N-dealkylation sites (N-methyl/N-ethyl adjacent to an activating group) is 1. The molecule has 7 heteroatoms. The fourth-order valence-corrected chi connectivity index (χ4v) is 4.07. The van der Waals surface area contributed by atoms with Gasteiger partial charge >= 0.3 is 0 Å². The molecule has 0 saturated heterocycles. The van der Waals surface area contributed by atoms with Crippen molar-refractivity contribution in [1.29, 1.82) is 0 Å². The van der Waals surface area contributed by atoms with Crippen molar-refractivity contribution >= 4 is 21.6 Å². The van der Waals surface area contributed by atoms with Gasteiger partial charge < -0.3 is 9.64 Å². The van der Waals surface area contributed by atoms with Gasteiger partial charge in [0.2, 0.25) is 15.9 Å². The van der Waals surface area contributed by atoms with Crippen molar-refractivity contribution in [2.45, 2.75) is 31.1 Å². The molecule has 0 bridgehead atoms. The second-order valence-electron chi connectivity index (χ2n) is 6.89. The lowest BCUT2D eigenvalue weighted by molar-refractivity contribution is -0.117. The molecule has 2 aromatic carbocycles. The van der Waals surface area contributed by atoms with Crippen LogP contribution in [0.1, 0.15) is 30.9 Å². The summed E-state index contributed by atoms with van der Waals surface area (Å²) in [4.78, 5) is 13.4. The summed E-state index contributed by atoms with van der Waals surface area (Å²) in [7, 11) is -1.97. The van der Waals surface area contributed by atoms with Gasteiger partial charge in [0.15, 0.2) is 0 Å². The molecule has 1 aliphatic heterocycles. The van der Waals surface area contributed by atoms with Gasteiger partial charge in [0.05, 0.1) is 11.3 Å². The molecule has 6 nitrogen and oxygen atoms in total. The normalized spacial score (nSPS) is 13.9. The molecule has 0 spiro atoms. The molecule has 0 fully saturated rings. The molecular weight excluding hydrogens is 364 g/mol. The second-order valence-corrected chi connectivity index (χ2v) is 8.66. The Hall–Kier alpha value is -2.38. The number of hydrogen-bond donors (Lipinski definition) is 1. The lowest BCUT2D eigenvalue weighted by atomic mass is 10.0. The van der Waals surface area contributed by atoms with Crippen molar-refractivity contribution in [3.8, 4) is 5.75 Å². The monoisotopic (exact) mass is 388 g/mol. The number of carbonyl (C=O) groups excluding carboxylic acids is 1. The highest BCUT2D eigenvalue weighted by Gasteiger charge is 2.26. The lowest BCUT2D eigenvalue weighted by Crippen LogP contribution is -2.28. The van der Waals surface area contributed by atoms with Crippen LogP contribution < -0.4 is 14.4 Å². The number of nitrogens with one attached hydrogen (secondary N) is 1. The number of amides is 1. The van der Waals surface area contributed by atoms with Crippen LogP contribution in [0.4, 0.5) is 5.69 Å². The first-order valence-electron chi connectivity index (χ1n) is 8.90. The van der Waals surface area contributed by atoms with Crippen molar-refractivity contribution in [3.63, 3.8) is 0 Å². The first-order valence-corrected chi connectivity index (χ1v) is 10.4. The number of hydrogen-bond acceptors (Lipinski definition) is 4. The van der Waals surface area contributed by atoms with Crippen molar-refractivity contribution < 1.29 is 17.9 Å². The molecule has 1 amide bonds. The van der Waals surface area contributed by atoms with Crippen LogP contribution >= 0.6 is 0 Å². The van der Waals surface area contributed by atoms with Gasteiger partial charge in [-0.25, -0.2) is 13.1 Å². The van der Waals surface area contributed by atoms with Crippen molar-refractivity contribution in [2.75, 3.05) is 25.1 Å². The van der Waals surface area contributed by atoms with E-state index >= 15 is 0 Å². The molecule has 0 aliphatic carbocycles. The summed E-state index contributed by atoms with van der Waals surface area (Å²) in [6.45, 7) is 4.60. The average molecular weight is 388 g/mol. The van der Waals surface area contributed by atoms with Crippen LogP contribution in [-0.2, 0) is 21.2 Å². The standard InChI is InChI=1S/C20H24N2O4S/c1-14(2)15-5-4-6-17(11-15)26-10-9-21-27(24,25)18-7-8-19-16(12-18)13-20(23)22(19)3/h4-8,11-12,14,21H,9-10,13H2,1-3H3. The molecule has 0 saturated carbocycles. The van der Waals surface area contributed by atoms with Crippen LogP contribution in [0, 0.1) is 0 Å². The Balaban J connectivity index is 1.59. The fourth-order valence-electron chi connectivity index (χ4n) is 3.01. The smallest absolute Gasteiger partial charge is 0.240 e. The van der Waals surface area contributed by atoms with Crippen LogP contribution in [0.2, 0.25) is 0 Å². The van der Waals surface area contributed by atoms with Crippen molar-refractivity contribution in [1.82, 2.24) is 4.72 Å². The van der Waals surface area contributed by atoms with Crippen molar-refractivity contribution in [3.05, 3.63) is 53.6 Å². The maximum atomic E-state index is 12.5. The molecule has 0 aromatic heterocycles. The Morgan fingerprint density at radius 1 is 1.19 bits per heavy atom. The SMILES string of the molecule is CC(C)c1cccc(OCCNS(=O)(=O)c2ccc3c(c2)CC(=O)N3C)c1. The molecule has 0 radical (unpaired) electrons. The minimum Gasteiger partial charge on any atom is -0.492 e. The summed E-state index contributed by atoms with van der Waals surface area (Å²) in [5, 5.41) is 0. The second kappa shape index (κ2) is 7.70. The minimum absolute atomic E-state index is 0.0375. The van der Waals surface area contributed by atoms with Crippen LogP contribution in [0.25, 0.3) is 0 Å². The summed E-state index contributed by atoms with van der Waals surface area (Å²) < 4.78 is 33.2. The zero-order valence-electron chi connectivity index (χ0n) is 15.7. The summed E-state index contributed by atoms with van der Waals surface area (Å²) >= 11 is 0. The zero-order chi connectivity index (χ0) is 19.6. The van der Waals surface area contributed by atoms with Crippen molar-refractivity contribution in [2.24, 2.45) is 0 Å². The lowest BCUT2D eigenvalue weighted by Gasteiger charge is -2.12. The number of fused-ring (bicyclic) bond motifs is 1. The first kappa shape index (κ1) is 19.4. The number of benzene rings is 2. The predicted molar refractivity (Wildman–Crippen MR) is 105 cm³/mol. The van der Waals surface area contributed by atoms with E-state index in [1.165, 1.54) is 16.5 Å². The van der Waals surface area contributed by atoms with Gasteiger partial charge in [0.25, 0.3) is 0 Å². The third-order valence-corrected chi connectivity index (χ3v) is 6.08. The van der Waals surface area contributed by atoms with Gasteiger partial charge in [-0.1, -0.05) is 26.0 Å². The Bertz CT molecular complexity index is 954. The van der Waals surface area contributed by atoms with Gasteiger partial charge in [-0.15, -0.1) is 0 Å². The maximum absolute atomic E-state index is 12.5. The van der Waals surface area contributed by atoms with E-state index in [0.717, 1.165) is 17.0 Å². The van der Waals surface area contributed by atoms with Crippen LogP contribution in [-0.4, -0.2) is 34.5 Å². The average Bonchev–Trinajstić information content (AvgIpc) is 2.92. The quantitative estimate of drug-likeness (QED) is 0.740. The molecule has 27 heavy (non-hydrogen) atoms. The molecule has 1 N–H and O–H groups in total. The van der Waals surface area contributed by atoms with E-state index in [0.29, 0.717) is 5.92 Å². The molecule has 0 unspecified atom stereocenters. The summed E-state index contributed by atoms with van der Waals surface area (Å²) in [5.41, 5.74) is 2.66. The van der Waals surface area contributed by atoms with E-state index in [4.69, 9.17) is 4.74 Å². The maximum Gasteiger partial charge on any atom is 0.240 e. The summed E-state index contributed by atoms with van der Waals surface area (Å²) in [5.74, 6) is 1.09. The molecule has 1 aliphatic rings. The van der Waals surface area contributed by atoms with E-state index in [1.807, 2.05) is 24.3 Å². The third kappa shape index (κ3) is 4.31. The summed E-state index contributed by atoms with van der Waals surface area (Å²) in [6, 6.07) is 12.5. The molecule has 2 aromatic rings. The number of anilines is 1. The topological polar surface area (TPSA) is 75.7 Å². The Morgan fingerprint density at radius 3 is 2.70 bits per heavy atom. The fraction of sp³-hybridized carbons (Fsp3) is 0.350. The molecule has 144 valence electrons. The highest BCUT2D eigenvalue weighted by molar-refractivity contribution is 7.89. The van der Waals surface area contributed by atoms with E-state index < -0.39 is 10.0 Å². The number of nitrogens with zero attached hydrogens (tertiary/aromatic N) is 1. The third-order valence-electron chi connectivity index (χ3n) is 4.63. The Kier molecular flexibility index (Phi) is 5.53. The predicted octanol–water partition coefficient (Wildman–Crippen LogP) is 2.69. The van der Waals surface area contributed by atoms with Gasteiger partial charge in [-0.05, 0) is 47.4 Å². The minimum atomic E-state index is -3.65. The summed E-state index contributed by atoms with van der Waals surface area (Å²) in [6.07, 6.45) is 0.227.